The number of rotatable bonds is 2. The number of hydrogen-bond donors (Lipinski definition) is 1. The zero-order chi connectivity index (χ0) is 9.26. The first-order valence-corrected chi connectivity index (χ1v) is 5.11. The lowest BCUT2D eigenvalue weighted by atomic mass is 10.0. The summed E-state index contributed by atoms with van der Waals surface area (Å²) in [5.41, 5.74) is 3.92. The molecule has 0 spiro atoms. The highest BCUT2D eigenvalue weighted by atomic mass is 16.3. The lowest BCUT2D eigenvalue weighted by Crippen LogP contribution is -1.91. The van der Waals surface area contributed by atoms with E-state index in [1.807, 2.05) is 0 Å². The Kier molecular flexibility index (Phi) is 2.36. The lowest BCUT2D eigenvalue weighted by molar-refractivity contribution is 0.180. The zero-order valence-electron chi connectivity index (χ0n) is 8.09. The van der Waals surface area contributed by atoms with Gasteiger partial charge in [-0.2, -0.15) is 0 Å². The minimum Gasteiger partial charge on any atom is -0.388 e. The van der Waals surface area contributed by atoms with Crippen molar-refractivity contribution in [3.63, 3.8) is 0 Å². The molecule has 13 heavy (non-hydrogen) atoms. The standard InChI is InChI=1S/C12H16O/c1-2-3-9-4-6-11-10(8-9)5-7-12(11)13/h4,6,8,12-13H,2-3,5,7H2,1H3. The average molecular weight is 176 g/mol. The molecule has 1 aliphatic rings. The van der Waals surface area contributed by atoms with E-state index in [2.05, 4.69) is 25.1 Å². The Hall–Kier alpha value is -0.820. The summed E-state index contributed by atoms with van der Waals surface area (Å²) in [5, 5.41) is 9.60. The number of fused-ring (bicyclic) bond motifs is 1. The SMILES string of the molecule is CCCc1ccc2c(c1)CCC2O. The molecular formula is C12H16O. The molecule has 0 fully saturated rings. The molecular weight excluding hydrogens is 160 g/mol. The Morgan fingerprint density at radius 2 is 2.31 bits per heavy atom. The van der Waals surface area contributed by atoms with Crippen molar-refractivity contribution in [2.45, 2.75) is 38.7 Å². The van der Waals surface area contributed by atoms with Gasteiger partial charge in [0.15, 0.2) is 0 Å². The van der Waals surface area contributed by atoms with Gasteiger partial charge in [0.25, 0.3) is 0 Å². The van der Waals surface area contributed by atoms with Crippen LogP contribution in [0.5, 0.6) is 0 Å². The molecule has 1 heteroatoms. The van der Waals surface area contributed by atoms with E-state index < -0.39 is 0 Å². The lowest BCUT2D eigenvalue weighted by Gasteiger charge is -2.05. The Balaban J connectivity index is 2.29. The third-order valence-corrected chi connectivity index (χ3v) is 2.79. The van der Waals surface area contributed by atoms with Gasteiger partial charge in [0, 0.05) is 0 Å². The highest BCUT2D eigenvalue weighted by Crippen LogP contribution is 2.31. The fourth-order valence-electron chi connectivity index (χ4n) is 2.09. The summed E-state index contributed by atoms with van der Waals surface area (Å²) in [5.74, 6) is 0. The van der Waals surface area contributed by atoms with Crippen molar-refractivity contribution in [1.82, 2.24) is 0 Å². The van der Waals surface area contributed by atoms with Crippen LogP contribution in [-0.4, -0.2) is 5.11 Å². The molecule has 0 aliphatic heterocycles. The molecule has 0 saturated heterocycles. The van der Waals surface area contributed by atoms with Crippen molar-refractivity contribution < 1.29 is 5.11 Å². The summed E-state index contributed by atoms with van der Waals surface area (Å²) >= 11 is 0. The quantitative estimate of drug-likeness (QED) is 0.734. The first kappa shape index (κ1) is 8.76. The van der Waals surface area contributed by atoms with Crippen LogP contribution < -0.4 is 0 Å². The van der Waals surface area contributed by atoms with Gasteiger partial charge in [0.2, 0.25) is 0 Å². The van der Waals surface area contributed by atoms with Gasteiger partial charge in [-0.1, -0.05) is 31.5 Å². The Morgan fingerprint density at radius 3 is 3.08 bits per heavy atom. The fourth-order valence-corrected chi connectivity index (χ4v) is 2.09. The van der Waals surface area contributed by atoms with Crippen LogP contribution in [0, 0.1) is 0 Å². The molecule has 0 radical (unpaired) electrons. The van der Waals surface area contributed by atoms with Crippen molar-refractivity contribution in [2.24, 2.45) is 0 Å². The molecule has 0 heterocycles. The Bertz CT molecular complexity index is 304. The summed E-state index contributed by atoms with van der Waals surface area (Å²) in [6.07, 6.45) is 4.11. The maximum absolute atomic E-state index is 9.60. The maximum atomic E-state index is 9.60. The molecule has 1 aromatic rings. The monoisotopic (exact) mass is 176 g/mol. The summed E-state index contributed by atoms with van der Waals surface area (Å²) in [6.45, 7) is 2.20. The number of hydrogen-bond acceptors (Lipinski definition) is 1. The molecule has 2 rings (SSSR count). The Morgan fingerprint density at radius 1 is 1.46 bits per heavy atom. The minimum atomic E-state index is -0.203. The van der Waals surface area contributed by atoms with Crippen LogP contribution >= 0.6 is 0 Å². The molecule has 70 valence electrons. The summed E-state index contributed by atoms with van der Waals surface area (Å²) in [4.78, 5) is 0. The van der Waals surface area contributed by atoms with Crippen LogP contribution in [0.4, 0.5) is 0 Å². The van der Waals surface area contributed by atoms with E-state index in [1.54, 1.807) is 0 Å². The van der Waals surface area contributed by atoms with E-state index in [-0.39, 0.29) is 6.10 Å². The topological polar surface area (TPSA) is 20.2 Å². The van der Waals surface area contributed by atoms with Gasteiger partial charge in [-0.25, -0.2) is 0 Å². The summed E-state index contributed by atoms with van der Waals surface area (Å²) in [6, 6.07) is 6.50. The van der Waals surface area contributed by atoms with E-state index in [0.717, 1.165) is 24.8 Å². The van der Waals surface area contributed by atoms with E-state index >= 15 is 0 Å². The van der Waals surface area contributed by atoms with E-state index in [1.165, 1.54) is 17.5 Å². The van der Waals surface area contributed by atoms with Gasteiger partial charge in [0.05, 0.1) is 6.10 Å². The maximum Gasteiger partial charge on any atom is 0.0795 e. The fraction of sp³-hybridized carbons (Fsp3) is 0.500. The van der Waals surface area contributed by atoms with E-state index in [4.69, 9.17) is 0 Å². The largest absolute Gasteiger partial charge is 0.388 e. The molecule has 1 unspecified atom stereocenters. The first-order valence-electron chi connectivity index (χ1n) is 5.11. The average Bonchev–Trinajstić information content (AvgIpc) is 2.48. The second kappa shape index (κ2) is 3.51. The smallest absolute Gasteiger partial charge is 0.0795 e. The van der Waals surface area contributed by atoms with Gasteiger partial charge in [-0.05, 0) is 36.0 Å². The second-order valence-corrected chi connectivity index (χ2v) is 3.84. The van der Waals surface area contributed by atoms with E-state index in [9.17, 15) is 5.11 Å². The van der Waals surface area contributed by atoms with Crippen LogP contribution in [0.25, 0.3) is 0 Å². The zero-order valence-corrected chi connectivity index (χ0v) is 8.09. The second-order valence-electron chi connectivity index (χ2n) is 3.84. The first-order chi connectivity index (χ1) is 6.31. The highest BCUT2D eigenvalue weighted by molar-refractivity contribution is 5.37. The van der Waals surface area contributed by atoms with Crippen molar-refractivity contribution in [3.8, 4) is 0 Å². The highest BCUT2D eigenvalue weighted by Gasteiger charge is 2.19. The van der Waals surface area contributed by atoms with Crippen LogP contribution in [0.2, 0.25) is 0 Å². The predicted octanol–water partition coefficient (Wildman–Crippen LogP) is 2.62. The van der Waals surface area contributed by atoms with E-state index in [0.29, 0.717) is 0 Å². The third kappa shape index (κ3) is 1.61. The summed E-state index contributed by atoms with van der Waals surface area (Å²) < 4.78 is 0. The summed E-state index contributed by atoms with van der Waals surface area (Å²) in [7, 11) is 0. The molecule has 1 nitrogen and oxygen atoms in total. The van der Waals surface area contributed by atoms with Crippen molar-refractivity contribution in [2.75, 3.05) is 0 Å². The molecule has 1 atom stereocenters. The molecule has 1 aromatic carbocycles. The molecule has 0 aromatic heterocycles. The number of aryl methyl sites for hydroxylation is 2. The molecule has 0 saturated carbocycles. The van der Waals surface area contributed by atoms with Crippen molar-refractivity contribution >= 4 is 0 Å². The van der Waals surface area contributed by atoms with Crippen molar-refractivity contribution in [3.05, 3.63) is 34.9 Å². The van der Waals surface area contributed by atoms with Gasteiger partial charge in [0.1, 0.15) is 0 Å². The Labute approximate surface area is 79.4 Å². The molecule has 1 aliphatic carbocycles. The van der Waals surface area contributed by atoms with Gasteiger partial charge in [-0.15, -0.1) is 0 Å². The third-order valence-electron chi connectivity index (χ3n) is 2.79. The number of aliphatic hydroxyl groups is 1. The number of aliphatic hydroxyl groups excluding tert-OH is 1. The van der Waals surface area contributed by atoms with Crippen LogP contribution in [-0.2, 0) is 12.8 Å². The number of benzene rings is 1. The van der Waals surface area contributed by atoms with Gasteiger partial charge in [-0.3, -0.25) is 0 Å². The van der Waals surface area contributed by atoms with Gasteiger partial charge < -0.3 is 5.11 Å². The van der Waals surface area contributed by atoms with Crippen LogP contribution in [0.1, 0.15) is 42.6 Å². The van der Waals surface area contributed by atoms with Crippen LogP contribution in [0.3, 0.4) is 0 Å². The normalized spacial score (nSPS) is 20.3. The van der Waals surface area contributed by atoms with Gasteiger partial charge >= 0.3 is 0 Å². The molecule has 1 N–H and O–H groups in total. The van der Waals surface area contributed by atoms with Crippen LogP contribution in [0.15, 0.2) is 18.2 Å². The molecule has 0 amide bonds. The predicted molar refractivity (Wildman–Crippen MR) is 53.7 cm³/mol. The van der Waals surface area contributed by atoms with Crippen molar-refractivity contribution in [1.29, 1.82) is 0 Å². The minimum absolute atomic E-state index is 0.203. The molecule has 0 bridgehead atoms.